The molecule has 0 saturated heterocycles. The van der Waals surface area contributed by atoms with E-state index in [1.807, 2.05) is 24.3 Å². The van der Waals surface area contributed by atoms with Crippen molar-refractivity contribution in [2.24, 2.45) is 5.73 Å². The average Bonchev–Trinajstić information content (AvgIpc) is 2.30. The summed E-state index contributed by atoms with van der Waals surface area (Å²) >= 11 is 0. The molecule has 0 aromatic heterocycles. The van der Waals surface area contributed by atoms with E-state index in [9.17, 15) is 4.79 Å². The van der Waals surface area contributed by atoms with E-state index in [0.717, 1.165) is 12.0 Å². The van der Waals surface area contributed by atoms with Crippen LogP contribution in [-0.4, -0.2) is 17.6 Å². The third kappa shape index (κ3) is 3.07. The van der Waals surface area contributed by atoms with Crippen LogP contribution in [0.25, 0.3) is 0 Å². The highest BCUT2D eigenvalue weighted by Gasteiger charge is 2.21. The number of benzene rings is 1. The van der Waals surface area contributed by atoms with Crippen molar-refractivity contribution in [2.45, 2.75) is 38.5 Å². The van der Waals surface area contributed by atoms with Crippen LogP contribution in [0.4, 0.5) is 0 Å². The molecule has 0 radical (unpaired) electrons. The summed E-state index contributed by atoms with van der Waals surface area (Å²) in [5.74, 6) is -1.47. The number of carbonyl (C=O) groups is 1. The van der Waals surface area contributed by atoms with Crippen molar-refractivity contribution in [2.75, 3.05) is 6.54 Å². The lowest BCUT2D eigenvalue weighted by Gasteiger charge is -2.23. The molecule has 0 fully saturated rings. The quantitative estimate of drug-likeness (QED) is 0.824. The van der Waals surface area contributed by atoms with Gasteiger partial charge in [-0.1, -0.05) is 45.0 Å². The van der Waals surface area contributed by atoms with Crippen molar-refractivity contribution in [3.05, 3.63) is 35.4 Å². The maximum absolute atomic E-state index is 11.0. The van der Waals surface area contributed by atoms with Crippen LogP contribution in [0.2, 0.25) is 0 Å². The number of carboxylic acid groups (broad SMARTS) is 1. The van der Waals surface area contributed by atoms with Gasteiger partial charge in [0.05, 0.1) is 5.92 Å². The summed E-state index contributed by atoms with van der Waals surface area (Å²) in [6.45, 7) is 6.64. The molecule has 0 aliphatic rings. The van der Waals surface area contributed by atoms with Crippen LogP contribution in [0.5, 0.6) is 0 Å². The Morgan fingerprint density at radius 1 is 1.35 bits per heavy atom. The Morgan fingerprint density at radius 2 is 1.88 bits per heavy atom. The minimum Gasteiger partial charge on any atom is -0.481 e. The molecule has 3 N–H and O–H groups in total. The van der Waals surface area contributed by atoms with Crippen LogP contribution < -0.4 is 5.73 Å². The maximum Gasteiger partial charge on any atom is 0.312 e. The number of nitrogens with two attached hydrogens (primary N) is 1. The zero-order chi connectivity index (χ0) is 13.1. The first kappa shape index (κ1) is 13.7. The van der Waals surface area contributed by atoms with Gasteiger partial charge >= 0.3 is 5.97 Å². The lowest BCUT2D eigenvalue weighted by atomic mass is 9.81. The van der Waals surface area contributed by atoms with Crippen LogP contribution in [0, 0.1) is 0 Å². The molecule has 1 unspecified atom stereocenters. The van der Waals surface area contributed by atoms with Crippen molar-refractivity contribution in [1.82, 2.24) is 0 Å². The number of hydrogen-bond acceptors (Lipinski definition) is 2. The molecule has 1 rings (SSSR count). The first-order valence-corrected chi connectivity index (χ1v) is 5.95. The number of carboxylic acids is 1. The van der Waals surface area contributed by atoms with Crippen LogP contribution in [0.3, 0.4) is 0 Å². The summed E-state index contributed by atoms with van der Waals surface area (Å²) in [6.07, 6.45) is 1.05. The molecular formula is C14H21NO2. The number of aliphatic carboxylic acids is 1. The van der Waals surface area contributed by atoms with Gasteiger partial charge in [0.25, 0.3) is 0 Å². The molecule has 94 valence electrons. The third-order valence-electron chi connectivity index (χ3n) is 3.51. The van der Waals surface area contributed by atoms with Crippen molar-refractivity contribution in [3.63, 3.8) is 0 Å². The largest absolute Gasteiger partial charge is 0.481 e. The van der Waals surface area contributed by atoms with Gasteiger partial charge in [-0.25, -0.2) is 0 Å². The molecule has 1 atom stereocenters. The highest BCUT2D eigenvalue weighted by atomic mass is 16.4. The molecule has 0 aliphatic carbocycles. The molecule has 0 bridgehead atoms. The van der Waals surface area contributed by atoms with Gasteiger partial charge < -0.3 is 10.8 Å². The molecule has 0 saturated carbocycles. The lowest BCUT2D eigenvalue weighted by molar-refractivity contribution is -0.138. The van der Waals surface area contributed by atoms with Gasteiger partial charge in [0.1, 0.15) is 0 Å². The predicted molar refractivity (Wildman–Crippen MR) is 69.2 cm³/mol. The highest BCUT2D eigenvalue weighted by Crippen LogP contribution is 2.27. The molecule has 1 aromatic carbocycles. The van der Waals surface area contributed by atoms with E-state index in [-0.39, 0.29) is 12.0 Å². The second-order valence-electron chi connectivity index (χ2n) is 4.99. The second-order valence-corrected chi connectivity index (χ2v) is 4.99. The van der Waals surface area contributed by atoms with Gasteiger partial charge in [0.2, 0.25) is 0 Å². The Balaban J connectivity index is 2.99. The second kappa shape index (κ2) is 5.32. The predicted octanol–water partition coefficient (Wildman–Crippen LogP) is 2.50. The summed E-state index contributed by atoms with van der Waals surface area (Å²) in [5, 5.41) is 9.02. The van der Waals surface area contributed by atoms with Gasteiger partial charge in [0.15, 0.2) is 0 Å². The molecule has 17 heavy (non-hydrogen) atoms. The molecule has 3 nitrogen and oxygen atoms in total. The minimum atomic E-state index is -0.866. The normalized spacial score (nSPS) is 13.4. The van der Waals surface area contributed by atoms with E-state index < -0.39 is 11.9 Å². The standard InChI is InChI=1S/C14H21NO2/c1-4-14(2,3)11-7-5-10(6-8-11)12(9-15)13(16)17/h5-8,12H,4,9,15H2,1-3H3,(H,16,17). The first-order chi connectivity index (χ1) is 7.92. The smallest absolute Gasteiger partial charge is 0.312 e. The number of hydrogen-bond donors (Lipinski definition) is 2. The average molecular weight is 235 g/mol. The van der Waals surface area contributed by atoms with Crippen molar-refractivity contribution >= 4 is 5.97 Å². The molecule has 0 spiro atoms. The Kier molecular flexibility index (Phi) is 4.29. The first-order valence-electron chi connectivity index (χ1n) is 5.95. The van der Waals surface area contributed by atoms with Gasteiger partial charge in [-0.15, -0.1) is 0 Å². The molecule has 0 amide bonds. The summed E-state index contributed by atoms with van der Waals surface area (Å²) in [6, 6.07) is 7.76. The molecule has 0 heterocycles. The Hall–Kier alpha value is -1.35. The van der Waals surface area contributed by atoms with E-state index in [2.05, 4.69) is 20.8 Å². The SMILES string of the molecule is CCC(C)(C)c1ccc(C(CN)C(=O)O)cc1. The summed E-state index contributed by atoms with van der Waals surface area (Å²) in [5.41, 5.74) is 7.60. The van der Waals surface area contributed by atoms with Crippen LogP contribution >= 0.6 is 0 Å². The van der Waals surface area contributed by atoms with Crippen LogP contribution in [-0.2, 0) is 10.2 Å². The van der Waals surface area contributed by atoms with E-state index in [1.165, 1.54) is 5.56 Å². The maximum atomic E-state index is 11.0. The van der Waals surface area contributed by atoms with E-state index >= 15 is 0 Å². The summed E-state index contributed by atoms with van der Waals surface area (Å²) < 4.78 is 0. The van der Waals surface area contributed by atoms with Gasteiger partial charge in [-0.2, -0.15) is 0 Å². The Bertz CT molecular complexity index is 382. The molecular weight excluding hydrogens is 214 g/mol. The molecule has 0 aliphatic heterocycles. The number of rotatable bonds is 5. The topological polar surface area (TPSA) is 63.3 Å². The van der Waals surface area contributed by atoms with Crippen LogP contribution in [0.15, 0.2) is 24.3 Å². The highest BCUT2D eigenvalue weighted by molar-refractivity contribution is 5.76. The van der Waals surface area contributed by atoms with Gasteiger partial charge in [0, 0.05) is 6.54 Å². The minimum absolute atomic E-state index is 0.125. The monoisotopic (exact) mass is 235 g/mol. The lowest BCUT2D eigenvalue weighted by Crippen LogP contribution is -2.21. The van der Waals surface area contributed by atoms with E-state index in [0.29, 0.717) is 0 Å². The fourth-order valence-electron chi connectivity index (χ4n) is 1.75. The van der Waals surface area contributed by atoms with Crippen molar-refractivity contribution in [1.29, 1.82) is 0 Å². The fourth-order valence-corrected chi connectivity index (χ4v) is 1.75. The van der Waals surface area contributed by atoms with E-state index in [4.69, 9.17) is 10.8 Å². The van der Waals surface area contributed by atoms with Crippen molar-refractivity contribution < 1.29 is 9.90 Å². The summed E-state index contributed by atoms with van der Waals surface area (Å²) in [7, 11) is 0. The zero-order valence-corrected chi connectivity index (χ0v) is 10.7. The molecule has 1 aromatic rings. The summed E-state index contributed by atoms with van der Waals surface area (Å²) in [4.78, 5) is 11.0. The van der Waals surface area contributed by atoms with Gasteiger partial charge in [-0.3, -0.25) is 4.79 Å². The Morgan fingerprint density at radius 3 is 2.24 bits per heavy atom. The van der Waals surface area contributed by atoms with E-state index in [1.54, 1.807) is 0 Å². The van der Waals surface area contributed by atoms with Crippen LogP contribution in [0.1, 0.15) is 44.2 Å². The van der Waals surface area contributed by atoms with Crippen molar-refractivity contribution in [3.8, 4) is 0 Å². The zero-order valence-electron chi connectivity index (χ0n) is 10.7. The molecule has 3 heteroatoms. The Labute approximate surface area is 103 Å². The fraction of sp³-hybridized carbons (Fsp3) is 0.500. The third-order valence-corrected chi connectivity index (χ3v) is 3.51. The van der Waals surface area contributed by atoms with Gasteiger partial charge in [-0.05, 0) is 23.0 Å².